The molecule has 0 aromatic heterocycles. The Morgan fingerprint density at radius 2 is 2.38 bits per heavy atom. The van der Waals surface area contributed by atoms with Gasteiger partial charge in [0.15, 0.2) is 0 Å². The van der Waals surface area contributed by atoms with Crippen LogP contribution in [0, 0.1) is 9.39 Å². The molecule has 0 radical (unpaired) electrons. The summed E-state index contributed by atoms with van der Waals surface area (Å²) in [6.07, 6.45) is 0.250. The van der Waals surface area contributed by atoms with Crippen LogP contribution >= 0.6 is 22.6 Å². The second-order valence-electron chi connectivity index (χ2n) is 4.15. The fraction of sp³-hybridized carbons (Fsp3) is 0.500. The Morgan fingerprint density at radius 1 is 1.56 bits per heavy atom. The molecule has 0 bridgehead atoms. The quantitative estimate of drug-likeness (QED) is 0.771. The Kier molecular flexibility index (Phi) is 4.16. The molecule has 1 aliphatic rings. The van der Waals surface area contributed by atoms with Gasteiger partial charge in [0.05, 0.1) is 12.7 Å². The van der Waals surface area contributed by atoms with Gasteiger partial charge in [-0.15, -0.1) is 0 Å². The minimum atomic E-state index is -0.112. The molecule has 1 saturated heterocycles. The van der Waals surface area contributed by atoms with E-state index in [2.05, 4.69) is 34.4 Å². The summed E-state index contributed by atoms with van der Waals surface area (Å²) in [5.41, 5.74) is 0.779. The zero-order chi connectivity index (χ0) is 11.5. The fourth-order valence-electron chi connectivity index (χ4n) is 1.94. The molecular weight excluding hydrogens is 320 g/mol. The van der Waals surface area contributed by atoms with Crippen molar-refractivity contribution >= 4 is 22.6 Å². The van der Waals surface area contributed by atoms with Crippen molar-refractivity contribution in [3.05, 3.63) is 33.1 Å². The summed E-state index contributed by atoms with van der Waals surface area (Å²) >= 11 is 2.21. The van der Waals surface area contributed by atoms with Crippen LogP contribution in [0.25, 0.3) is 0 Å². The van der Waals surface area contributed by atoms with Crippen LogP contribution in [-0.4, -0.2) is 30.7 Å². The van der Waals surface area contributed by atoms with E-state index in [1.54, 1.807) is 12.1 Å². The molecule has 2 nitrogen and oxygen atoms in total. The van der Waals surface area contributed by atoms with E-state index in [0.717, 1.165) is 28.8 Å². The van der Waals surface area contributed by atoms with Gasteiger partial charge in [0.2, 0.25) is 0 Å². The molecule has 1 aliphatic heterocycles. The van der Waals surface area contributed by atoms with Crippen LogP contribution in [0.15, 0.2) is 18.2 Å². The normalized spacial score (nSPS) is 22.3. The molecule has 1 heterocycles. The summed E-state index contributed by atoms with van der Waals surface area (Å²) in [4.78, 5) is 2.24. The molecule has 0 spiro atoms. The molecule has 1 fully saturated rings. The molecule has 1 aromatic rings. The minimum Gasteiger partial charge on any atom is -0.376 e. The van der Waals surface area contributed by atoms with E-state index < -0.39 is 0 Å². The van der Waals surface area contributed by atoms with E-state index in [9.17, 15) is 4.39 Å². The van der Waals surface area contributed by atoms with E-state index >= 15 is 0 Å². The van der Waals surface area contributed by atoms with Gasteiger partial charge in [-0.25, -0.2) is 4.39 Å². The number of rotatable bonds is 2. The molecular formula is C12H15FINO. The highest BCUT2D eigenvalue weighted by Gasteiger charge is 2.17. The Bertz CT molecular complexity index is 372. The lowest BCUT2D eigenvalue weighted by Crippen LogP contribution is -2.40. The van der Waals surface area contributed by atoms with Crippen LogP contribution in [0.2, 0.25) is 0 Å². The van der Waals surface area contributed by atoms with Crippen LogP contribution in [-0.2, 0) is 11.3 Å². The third kappa shape index (κ3) is 3.15. The van der Waals surface area contributed by atoms with Crippen LogP contribution in [0.4, 0.5) is 4.39 Å². The summed E-state index contributed by atoms with van der Waals surface area (Å²) in [6, 6.07) is 5.25. The topological polar surface area (TPSA) is 12.5 Å². The van der Waals surface area contributed by atoms with Gasteiger partial charge in [-0.05, 0) is 47.7 Å². The molecule has 1 atom stereocenters. The molecule has 16 heavy (non-hydrogen) atoms. The number of ether oxygens (including phenoxy) is 1. The maximum atomic E-state index is 13.6. The maximum absolute atomic E-state index is 13.6. The van der Waals surface area contributed by atoms with E-state index in [1.807, 2.05) is 6.07 Å². The number of benzene rings is 1. The Morgan fingerprint density at radius 3 is 3.12 bits per heavy atom. The van der Waals surface area contributed by atoms with Gasteiger partial charge in [0.1, 0.15) is 5.82 Å². The van der Waals surface area contributed by atoms with Gasteiger partial charge in [0, 0.05) is 28.8 Å². The summed E-state index contributed by atoms with van der Waals surface area (Å²) in [7, 11) is 0. The summed E-state index contributed by atoms with van der Waals surface area (Å²) in [5, 5.41) is 0. The van der Waals surface area contributed by atoms with Gasteiger partial charge >= 0.3 is 0 Å². The number of hydrogen-bond acceptors (Lipinski definition) is 2. The fourth-order valence-corrected chi connectivity index (χ4v) is 2.50. The number of halogens is 2. The number of hydrogen-bond donors (Lipinski definition) is 0. The highest BCUT2D eigenvalue weighted by molar-refractivity contribution is 14.1. The van der Waals surface area contributed by atoms with Gasteiger partial charge in [-0.3, -0.25) is 4.90 Å². The number of morpholine rings is 1. The molecule has 0 N–H and O–H groups in total. The molecule has 0 unspecified atom stereocenters. The van der Waals surface area contributed by atoms with Crippen molar-refractivity contribution in [3.63, 3.8) is 0 Å². The van der Waals surface area contributed by atoms with Gasteiger partial charge in [-0.1, -0.05) is 0 Å². The first kappa shape index (κ1) is 12.3. The van der Waals surface area contributed by atoms with Gasteiger partial charge in [0.25, 0.3) is 0 Å². The molecule has 4 heteroatoms. The van der Waals surface area contributed by atoms with Crippen molar-refractivity contribution in [1.82, 2.24) is 4.90 Å². The van der Waals surface area contributed by atoms with Crippen LogP contribution in [0.3, 0.4) is 0 Å². The Hall–Kier alpha value is -0.200. The average molecular weight is 335 g/mol. The Labute approximate surface area is 109 Å². The lowest BCUT2D eigenvalue weighted by Gasteiger charge is -2.31. The van der Waals surface area contributed by atoms with E-state index in [1.165, 1.54) is 0 Å². The van der Waals surface area contributed by atoms with Crippen molar-refractivity contribution in [2.75, 3.05) is 19.7 Å². The second kappa shape index (κ2) is 5.42. The van der Waals surface area contributed by atoms with Crippen molar-refractivity contribution in [3.8, 4) is 0 Å². The van der Waals surface area contributed by atoms with E-state index in [0.29, 0.717) is 6.54 Å². The molecule has 88 valence electrons. The van der Waals surface area contributed by atoms with Crippen LogP contribution < -0.4 is 0 Å². The van der Waals surface area contributed by atoms with E-state index in [4.69, 9.17) is 4.74 Å². The second-order valence-corrected chi connectivity index (χ2v) is 5.40. The Balaban J connectivity index is 2.05. The van der Waals surface area contributed by atoms with Crippen molar-refractivity contribution < 1.29 is 9.13 Å². The third-order valence-corrected chi connectivity index (χ3v) is 3.40. The lowest BCUT2D eigenvalue weighted by molar-refractivity contribution is -0.0215. The predicted molar refractivity (Wildman–Crippen MR) is 69.8 cm³/mol. The van der Waals surface area contributed by atoms with Gasteiger partial charge in [-0.2, -0.15) is 0 Å². The van der Waals surface area contributed by atoms with Crippen LogP contribution in [0.1, 0.15) is 12.5 Å². The minimum absolute atomic E-state index is 0.112. The smallest absolute Gasteiger partial charge is 0.127 e. The first-order valence-corrected chi connectivity index (χ1v) is 6.51. The first-order chi connectivity index (χ1) is 7.65. The zero-order valence-corrected chi connectivity index (χ0v) is 11.4. The SMILES string of the molecule is C[C@@H]1CN(Cc2cc(I)ccc2F)CCO1. The molecule has 1 aromatic carbocycles. The maximum Gasteiger partial charge on any atom is 0.127 e. The summed E-state index contributed by atoms with van der Waals surface area (Å²) < 4.78 is 20.1. The highest BCUT2D eigenvalue weighted by Crippen LogP contribution is 2.16. The van der Waals surface area contributed by atoms with Crippen molar-refractivity contribution in [2.24, 2.45) is 0 Å². The molecule has 0 saturated carbocycles. The summed E-state index contributed by atoms with van der Waals surface area (Å²) in [6.45, 7) is 5.24. The lowest BCUT2D eigenvalue weighted by atomic mass is 10.2. The third-order valence-electron chi connectivity index (χ3n) is 2.73. The number of nitrogens with zero attached hydrogens (tertiary/aromatic N) is 1. The predicted octanol–water partition coefficient (Wildman–Crippen LogP) is 2.65. The first-order valence-electron chi connectivity index (χ1n) is 5.43. The van der Waals surface area contributed by atoms with Gasteiger partial charge < -0.3 is 4.74 Å². The van der Waals surface area contributed by atoms with Crippen molar-refractivity contribution in [2.45, 2.75) is 19.6 Å². The molecule has 0 amide bonds. The summed E-state index contributed by atoms with van der Waals surface area (Å²) in [5.74, 6) is -0.112. The van der Waals surface area contributed by atoms with Crippen molar-refractivity contribution in [1.29, 1.82) is 0 Å². The van der Waals surface area contributed by atoms with E-state index in [-0.39, 0.29) is 11.9 Å². The zero-order valence-electron chi connectivity index (χ0n) is 9.25. The molecule has 0 aliphatic carbocycles. The molecule has 2 rings (SSSR count). The van der Waals surface area contributed by atoms with Crippen LogP contribution in [0.5, 0.6) is 0 Å². The monoisotopic (exact) mass is 335 g/mol. The highest BCUT2D eigenvalue weighted by atomic mass is 127. The largest absolute Gasteiger partial charge is 0.376 e. The average Bonchev–Trinajstić information content (AvgIpc) is 2.24. The standard InChI is InChI=1S/C12H15FINO/c1-9-7-15(4-5-16-9)8-10-6-11(14)2-3-12(10)13/h2-3,6,9H,4-5,7-8H2,1H3/t9-/m1/s1.